The van der Waals surface area contributed by atoms with Gasteiger partial charge in [-0.15, -0.1) is 12.4 Å². The summed E-state index contributed by atoms with van der Waals surface area (Å²) in [4.78, 5) is 26.2. The molecule has 1 aromatic rings. The normalized spacial score (nSPS) is 14.3. The molecule has 2 rings (SSSR count). The first kappa shape index (κ1) is 22.9. The Morgan fingerprint density at radius 2 is 2.11 bits per heavy atom. The van der Waals surface area contributed by atoms with Gasteiger partial charge in [0.1, 0.15) is 12.4 Å². The fraction of sp³-hybridized carbons (Fsp3) is 0.474. The van der Waals surface area contributed by atoms with E-state index in [1.807, 2.05) is 20.8 Å². The lowest BCUT2D eigenvalue weighted by Gasteiger charge is -2.30. The van der Waals surface area contributed by atoms with E-state index in [1.54, 1.807) is 23.1 Å². The van der Waals surface area contributed by atoms with Crippen LogP contribution < -0.4 is 15.8 Å². The number of rotatable bonds is 6. The lowest BCUT2D eigenvalue weighted by molar-refractivity contribution is -0.123. The zero-order valence-electron chi connectivity index (χ0n) is 15.9. The predicted octanol–water partition coefficient (Wildman–Crippen LogP) is 2.21. The summed E-state index contributed by atoms with van der Waals surface area (Å²) in [6, 6.07) is 5.14. The van der Waals surface area contributed by atoms with Crippen molar-refractivity contribution in [1.82, 2.24) is 10.2 Å². The van der Waals surface area contributed by atoms with Gasteiger partial charge < -0.3 is 20.7 Å². The van der Waals surface area contributed by atoms with E-state index in [9.17, 15) is 14.0 Å². The van der Waals surface area contributed by atoms with E-state index in [1.165, 1.54) is 0 Å². The van der Waals surface area contributed by atoms with Crippen molar-refractivity contribution in [2.75, 3.05) is 26.2 Å². The third kappa shape index (κ3) is 6.52. The Morgan fingerprint density at radius 1 is 1.41 bits per heavy atom. The maximum atomic E-state index is 12.6. The molecule has 0 saturated heterocycles. The molecule has 1 aliphatic rings. The zero-order chi connectivity index (χ0) is 19.3. The van der Waals surface area contributed by atoms with E-state index in [2.05, 4.69) is 5.32 Å². The van der Waals surface area contributed by atoms with Crippen molar-refractivity contribution in [3.63, 3.8) is 0 Å². The number of nitrogens with two attached hydrogens (primary N) is 1. The van der Waals surface area contributed by atoms with Crippen LogP contribution in [0.2, 0.25) is 0 Å². The van der Waals surface area contributed by atoms with Gasteiger partial charge in [-0.3, -0.25) is 9.59 Å². The molecular weight excluding hydrogens is 373 g/mol. The number of benzene rings is 1. The van der Waals surface area contributed by atoms with Gasteiger partial charge in [0.25, 0.3) is 5.91 Å². The van der Waals surface area contributed by atoms with Crippen LogP contribution in [-0.2, 0) is 11.2 Å². The van der Waals surface area contributed by atoms with Crippen LogP contribution in [0.1, 0.15) is 36.7 Å². The third-order valence-corrected chi connectivity index (χ3v) is 3.93. The van der Waals surface area contributed by atoms with Gasteiger partial charge in [0.05, 0.1) is 12.9 Å². The molecule has 0 aliphatic carbocycles. The minimum atomic E-state index is -0.337. The molecule has 0 bridgehead atoms. The molecule has 0 radical (unpaired) electrons. The SMILES string of the molecule is CC(C)(C)NC(=O)CN1CCc2cc(OC/C(=C/F)CN)ccc2C1=O.Cl. The highest BCUT2D eigenvalue weighted by molar-refractivity contribution is 5.99. The van der Waals surface area contributed by atoms with Gasteiger partial charge >= 0.3 is 0 Å². The summed E-state index contributed by atoms with van der Waals surface area (Å²) in [5, 5.41) is 2.86. The number of nitrogens with zero attached hydrogens (tertiary/aromatic N) is 1. The highest BCUT2D eigenvalue weighted by Gasteiger charge is 2.27. The Hall–Kier alpha value is -2.12. The van der Waals surface area contributed by atoms with Gasteiger partial charge in [0.2, 0.25) is 5.91 Å². The highest BCUT2D eigenvalue weighted by atomic mass is 35.5. The van der Waals surface area contributed by atoms with Crippen molar-refractivity contribution in [2.24, 2.45) is 5.73 Å². The second kappa shape index (κ2) is 9.71. The molecule has 1 heterocycles. The lowest BCUT2D eigenvalue weighted by atomic mass is 9.98. The molecule has 0 saturated carbocycles. The number of hydrogen-bond acceptors (Lipinski definition) is 4. The van der Waals surface area contributed by atoms with E-state index >= 15 is 0 Å². The van der Waals surface area contributed by atoms with Gasteiger partial charge in [-0.25, -0.2) is 4.39 Å². The van der Waals surface area contributed by atoms with Crippen LogP contribution >= 0.6 is 12.4 Å². The van der Waals surface area contributed by atoms with E-state index in [0.717, 1.165) is 5.56 Å². The Bertz CT molecular complexity index is 717. The summed E-state index contributed by atoms with van der Waals surface area (Å²) in [6.07, 6.45) is 1.08. The van der Waals surface area contributed by atoms with Gasteiger partial charge in [-0.05, 0) is 51.0 Å². The molecule has 3 N–H and O–H groups in total. The molecule has 2 amide bonds. The summed E-state index contributed by atoms with van der Waals surface area (Å²) in [5.74, 6) is 0.206. The van der Waals surface area contributed by atoms with Crippen LogP contribution in [0.25, 0.3) is 0 Å². The number of carbonyl (C=O) groups is 2. The number of amides is 2. The topological polar surface area (TPSA) is 84.7 Å². The summed E-state index contributed by atoms with van der Waals surface area (Å²) < 4.78 is 18.1. The number of ether oxygens (including phenoxy) is 1. The monoisotopic (exact) mass is 399 g/mol. The van der Waals surface area contributed by atoms with Crippen molar-refractivity contribution in [3.05, 3.63) is 41.2 Å². The summed E-state index contributed by atoms with van der Waals surface area (Å²) in [5.41, 5.74) is 6.84. The molecule has 0 aromatic heterocycles. The predicted molar refractivity (Wildman–Crippen MR) is 105 cm³/mol. The molecule has 8 heteroatoms. The Morgan fingerprint density at radius 3 is 2.70 bits per heavy atom. The first-order valence-electron chi connectivity index (χ1n) is 8.57. The number of carbonyl (C=O) groups excluding carboxylic acids is 2. The van der Waals surface area contributed by atoms with Crippen molar-refractivity contribution < 1.29 is 18.7 Å². The van der Waals surface area contributed by atoms with Gasteiger partial charge in [0.15, 0.2) is 0 Å². The van der Waals surface area contributed by atoms with E-state index < -0.39 is 0 Å². The Balaban J connectivity index is 0.00000364. The van der Waals surface area contributed by atoms with E-state index in [4.69, 9.17) is 10.5 Å². The summed E-state index contributed by atoms with van der Waals surface area (Å²) in [6.45, 7) is 6.35. The minimum Gasteiger partial charge on any atom is -0.489 e. The van der Waals surface area contributed by atoms with Crippen LogP contribution in [0.4, 0.5) is 4.39 Å². The third-order valence-electron chi connectivity index (χ3n) is 3.93. The Kier molecular flexibility index (Phi) is 8.24. The van der Waals surface area contributed by atoms with Crippen LogP contribution in [0.5, 0.6) is 5.75 Å². The van der Waals surface area contributed by atoms with Crippen LogP contribution in [0, 0.1) is 0 Å². The number of fused-ring (bicyclic) bond motifs is 1. The fourth-order valence-corrected chi connectivity index (χ4v) is 2.70. The highest BCUT2D eigenvalue weighted by Crippen LogP contribution is 2.24. The zero-order valence-corrected chi connectivity index (χ0v) is 16.7. The molecule has 0 spiro atoms. The molecular formula is C19H27ClFN3O3. The average Bonchev–Trinajstić information content (AvgIpc) is 2.56. The maximum absolute atomic E-state index is 12.6. The fourth-order valence-electron chi connectivity index (χ4n) is 2.70. The molecule has 6 nitrogen and oxygen atoms in total. The molecule has 0 fully saturated rings. The smallest absolute Gasteiger partial charge is 0.254 e. The first-order chi connectivity index (χ1) is 12.2. The van der Waals surface area contributed by atoms with E-state index in [0.29, 0.717) is 36.2 Å². The standard InChI is InChI=1S/C19H26FN3O3.ClH/c1-19(2,3)22-17(24)11-23-7-6-14-8-15(4-5-16(14)18(23)25)26-12-13(9-20)10-21;/h4-5,8-9H,6-7,10-12,21H2,1-3H3,(H,22,24);1H/b13-9+;. The molecule has 0 unspecified atom stereocenters. The molecule has 27 heavy (non-hydrogen) atoms. The van der Waals surface area contributed by atoms with Gasteiger partial charge in [0, 0.05) is 29.8 Å². The van der Waals surface area contributed by atoms with Crippen molar-refractivity contribution in [3.8, 4) is 5.75 Å². The number of nitrogens with one attached hydrogen (secondary N) is 1. The van der Waals surface area contributed by atoms with E-state index in [-0.39, 0.29) is 49.5 Å². The minimum absolute atomic E-state index is 0. The second-order valence-electron chi connectivity index (χ2n) is 7.35. The van der Waals surface area contributed by atoms with Crippen LogP contribution in [-0.4, -0.2) is 48.5 Å². The first-order valence-corrected chi connectivity index (χ1v) is 8.57. The van der Waals surface area contributed by atoms with Crippen LogP contribution in [0.3, 0.4) is 0 Å². The number of halogens is 2. The van der Waals surface area contributed by atoms with Crippen molar-refractivity contribution >= 4 is 24.2 Å². The second-order valence-corrected chi connectivity index (χ2v) is 7.35. The quantitative estimate of drug-likeness (QED) is 0.768. The molecule has 1 aliphatic heterocycles. The van der Waals surface area contributed by atoms with Gasteiger partial charge in [-0.1, -0.05) is 0 Å². The Labute approximate surface area is 165 Å². The average molecular weight is 400 g/mol. The number of hydrogen-bond donors (Lipinski definition) is 2. The van der Waals surface area contributed by atoms with Crippen molar-refractivity contribution in [1.29, 1.82) is 0 Å². The maximum Gasteiger partial charge on any atom is 0.254 e. The van der Waals surface area contributed by atoms with Crippen molar-refractivity contribution in [2.45, 2.75) is 32.7 Å². The van der Waals surface area contributed by atoms with Gasteiger partial charge in [-0.2, -0.15) is 0 Å². The molecule has 1 aromatic carbocycles. The molecule has 150 valence electrons. The van der Waals surface area contributed by atoms with Crippen LogP contribution in [0.15, 0.2) is 30.1 Å². The summed E-state index contributed by atoms with van der Waals surface area (Å²) >= 11 is 0. The summed E-state index contributed by atoms with van der Waals surface area (Å²) in [7, 11) is 0. The lowest BCUT2D eigenvalue weighted by Crippen LogP contribution is -2.48. The largest absolute Gasteiger partial charge is 0.489 e. The molecule has 0 atom stereocenters.